The highest BCUT2D eigenvalue weighted by molar-refractivity contribution is 9.10. The van der Waals surface area contributed by atoms with Crippen LogP contribution in [0.15, 0.2) is 28.7 Å². The molecular weight excluding hydrogens is 383 g/mol. The number of aryl methyl sites for hydroxylation is 2. The smallest absolute Gasteiger partial charge is 0.0960 e. The van der Waals surface area contributed by atoms with E-state index in [2.05, 4.69) is 63.0 Å². The van der Waals surface area contributed by atoms with Gasteiger partial charge >= 0.3 is 0 Å². The Hall–Kier alpha value is 0.170. The Labute approximate surface area is 127 Å². The maximum absolute atomic E-state index is 6.12. The van der Waals surface area contributed by atoms with Gasteiger partial charge in [-0.3, -0.25) is 0 Å². The van der Waals surface area contributed by atoms with E-state index in [1.807, 2.05) is 6.92 Å². The topological polar surface area (TPSA) is 0 Å². The molecule has 0 saturated carbocycles. The molecule has 0 N–H and O–H groups in total. The minimum atomic E-state index is 0.205. The molecule has 0 amide bonds. The molecule has 2 aromatic rings. The Bertz CT molecular complexity index is 529. The summed E-state index contributed by atoms with van der Waals surface area (Å²) < 4.78 is 1.97. The van der Waals surface area contributed by atoms with Crippen LogP contribution in [0.1, 0.15) is 26.4 Å². The molecular formula is C13H11Br2ClS. The average molecular weight is 395 g/mol. The Morgan fingerprint density at radius 1 is 1.18 bits per heavy atom. The van der Waals surface area contributed by atoms with Gasteiger partial charge in [0.15, 0.2) is 0 Å². The SMILES string of the molecule is Cc1ccc(Br)cc1C(Br)c1cc(C)c(Cl)s1. The molecule has 2 rings (SSSR count). The molecule has 0 bridgehead atoms. The summed E-state index contributed by atoms with van der Waals surface area (Å²) in [5.74, 6) is 0. The van der Waals surface area contributed by atoms with Crippen molar-refractivity contribution < 1.29 is 0 Å². The molecule has 0 saturated heterocycles. The summed E-state index contributed by atoms with van der Waals surface area (Å²) in [6.07, 6.45) is 0. The van der Waals surface area contributed by atoms with Gasteiger partial charge in [-0.25, -0.2) is 0 Å². The monoisotopic (exact) mass is 392 g/mol. The number of hydrogen-bond acceptors (Lipinski definition) is 1. The summed E-state index contributed by atoms with van der Waals surface area (Å²) >= 11 is 15.0. The summed E-state index contributed by atoms with van der Waals surface area (Å²) in [4.78, 5) is 1.45. The van der Waals surface area contributed by atoms with Crippen LogP contribution in [0, 0.1) is 13.8 Å². The summed E-state index contributed by atoms with van der Waals surface area (Å²) in [6, 6.07) is 8.48. The summed E-state index contributed by atoms with van der Waals surface area (Å²) in [6.45, 7) is 4.16. The van der Waals surface area contributed by atoms with Crippen LogP contribution in [-0.4, -0.2) is 0 Å². The Balaban J connectivity index is 2.42. The van der Waals surface area contributed by atoms with Gasteiger partial charge in [-0.05, 0) is 48.7 Å². The zero-order valence-corrected chi connectivity index (χ0v) is 14.2. The van der Waals surface area contributed by atoms with Crippen molar-refractivity contribution in [3.63, 3.8) is 0 Å². The standard InChI is InChI=1S/C13H11Br2ClS/c1-7-3-4-9(14)6-10(7)12(15)11-5-8(2)13(16)17-11/h3-6,12H,1-2H3. The van der Waals surface area contributed by atoms with Crippen molar-refractivity contribution >= 4 is 54.8 Å². The number of rotatable bonds is 2. The van der Waals surface area contributed by atoms with Crippen LogP contribution in [-0.2, 0) is 0 Å². The lowest BCUT2D eigenvalue weighted by Crippen LogP contribution is -1.93. The maximum Gasteiger partial charge on any atom is 0.0960 e. The summed E-state index contributed by atoms with van der Waals surface area (Å²) in [5, 5.41) is 0. The van der Waals surface area contributed by atoms with Gasteiger partial charge in [0.2, 0.25) is 0 Å². The van der Waals surface area contributed by atoms with Gasteiger partial charge in [0.05, 0.1) is 9.16 Å². The van der Waals surface area contributed by atoms with E-state index in [0.29, 0.717) is 0 Å². The minimum Gasteiger partial charge on any atom is -0.127 e. The lowest BCUT2D eigenvalue weighted by Gasteiger charge is -2.12. The first-order chi connectivity index (χ1) is 7.99. The highest BCUT2D eigenvalue weighted by Crippen LogP contribution is 2.40. The molecule has 1 aromatic carbocycles. The molecule has 0 aliphatic rings. The van der Waals surface area contributed by atoms with E-state index in [9.17, 15) is 0 Å². The van der Waals surface area contributed by atoms with E-state index in [-0.39, 0.29) is 4.83 Å². The predicted octanol–water partition coefficient (Wildman–Crippen LogP) is 6.27. The van der Waals surface area contributed by atoms with E-state index < -0.39 is 0 Å². The molecule has 4 heteroatoms. The van der Waals surface area contributed by atoms with Gasteiger partial charge in [0.25, 0.3) is 0 Å². The maximum atomic E-state index is 6.12. The third-order valence-corrected chi connectivity index (χ3v) is 6.04. The minimum absolute atomic E-state index is 0.205. The molecule has 0 aliphatic heterocycles. The van der Waals surface area contributed by atoms with Crippen molar-refractivity contribution in [1.29, 1.82) is 0 Å². The number of alkyl halides is 1. The van der Waals surface area contributed by atoms with Gasteiger partial charge < -0.3 is 0 Å². The molecule has 1 heterocycles. The quantitative estimate of drug-likeness (QED) is 0.527. The van der Waals surface area contributed by atoms with Crippen LogP contribution in [0.2, 0.25) is 4.34 Å². The van der Waals surface area contributed by atoms with Crippen LogP contribution >= 0.6 is 54.8 Å². The molecule has 1 unspecified atom stereocenters. The zero-order valence-electron chi connectivity index (χ0n) is 9.43. The molecule has 1 atom stereocenters. The second kappa shape index (κ2) is 5.43. The molecule has 0 aliphatic carbocycles. The van der Waals surface area contributed by atoms with Crippen molar-refractivity contribution in [3.05, 3.63) is 54.6 Å². The number of hydrogen-bond donors (Lipinski definition) is 0. The van der Waals surface area contributed by atoms with E-state index in [0.717, 1.165) is 14.4 Å². The van der Waals surface area contributed by atoms with Gasteiger partial charge in [-0.15, -0.1) is 11.3 Å². The van der Waals surface area contributed by atoms with Gasteiger partial charge in [-0.1, -0.05) is 49.5 Å². The van der Waals surface area contributed by atoms with E-state index in [1.165, 1.54) is 16.0 Å². The van der Waals surface area contributed by atoms with E-state index in [1.54, 1.807) is 11.3 Å². The van der Waals surface area contributed by atoms with Crippen molar-refractivity contribution in [1.82, 2.24) is 0 Å². The fourth-order valence-electron chi connectivity index (χ4n) is 1.65. The van der Waals surface area contributed by atoms with E-state index >= 15 is 0 Å². The Kier molecular flexibility index (Phi) is 4.35. The first-order valence-corrected chi connectivity index (χ1v) is 8.05. The Morgan fingerprint density at radius 2 is 1.88 bits per heavy atom. The third-order valence-electron chi connectivity index (χ3n) is 2.64. The van der Waals surface area contributed by atoms with Gasteiger partial charge in [0, 0.05) is 9.35 Å². The van der Waals surface area contributed by atoms with Crippen molar-refractivity contribution in [2.45, 2.75) is 18.7 Å². The molecule has 0 fully saturated rings. The van der Waals surface area contributed by atoms with Crippen LogP contribution in [0.3, 0.4) is 0 Å². The van der Waals surface area contributed by atoms with Gasteiger partial charge in [-0.2, -0.15) is 0 Å². The number of halogens is 3. The zero-order chi connectivity index (χ0) is 12.6. The molecule has 90 valence electrons. The second-order valence-corrected chi connectivity index (χ2v) is 7.49. The van der Waals surface area contributed by atoms with Crippen molar-refractivity contribution in [2.24, 2.45) is 0 Å². The fourth-order valence-corrected chi connectivity index (χ4v) is 4.15. The van der Waals surface area contributed by atoms with Crippen LogP contribution in [0.4, 0.5) is 0 Å². The number of benzene rings is 1. The van der Waals surface area contributed by atoms with Crippen molar-refractivity contribution in [3.8, 4) is 0 Å². The second-order valence-electron chi connectivity index (χ2n) is 3.97. The molecule has 0 nitrogen and oxygen atoms in total. The molecule has 17 heavy (non-hydrogen) atoms. The highest BCUT2D eigenvalue weighted by atomic mass is 79.9. The van der Waals surface area contributed by atoms with Crippen LogP contribution in [0.5, 0.6) is 0 Å². The average Bonchev–Trinajstić information content (AvgIpc) is 2.62. The first-order valence-electron chi connectivity index (χ1n) is 5.15. The lowest BCUT2D eigenvalue weighted by atomic mass is 10.0. The molecule has 0 spiro atoms. The van der Waals surface area contributed by atoms with Crippen molar-refractivity contribution in [2.75, 3.05) is 0 Å². The Morgan fingerprint density at radius 3 is 2.47 bits per heavy atom. The normalized spacial score (nSPS) is 12.8. The summed E-state index contributed by atoms with van der Waals surface area (Å²) in [5.41, 5.74) is 3.69. The largest absolute Gasteiger partial charge is 0.127 e. The van der Waals surface area contributed by atoms with Crippen LogP contribution < -0.4 is 0 Å². The predicted molar refractivity (Wildman–Crippen MR) is 83.7 cm³/mol. The summed E-state index contributed by atoms with van der Waals surface area (Å²) in [7, 11) is 0. The highest BCUT2D eigenvalue weighted by Gasteiger charge is 2.16. The first kappa shape index (κ1) is 13.6. The van der Waals surface area contributed by atoms with E-state index in [4.69, 9.17) is 11.6 Å². The third kappa shape index (κ3) is 2.95. The number of thiophene rings is 1. The molecule has 0 radical (unpaired) electrons. The van der Waals surface area contributed by atoms with Gasteiger partial charge in [0.1, 0.15) is 0 Å². The van der Waals surface area contributed by atoms with Crippen LogP contribution in [0.25, 0.3) is 0 Å². The molecule has 1 aromatic heterocycles. The fraction of sp³-hybridized carbons (Fsp3) is 0.231. The lowest BCUT2D eigenvalue weighted by molar-refractivity contribution is 1.17.